The Hall–Kier alpha value is -2.28. The molecule has 0 radical (unpaired) electrons. The molecule has 5 nitrogen and oxygen atoms in total. The van der Waals surface area contributed by atoms with E-state index >= 15 is 0 Å². The molecule has 4 rings (SSSR count). The van der Waals surface area contributed by atoms with Crippen LogP contribution in [0.3, 0.4) is 0 Å². The van der Waals surface area contributed by atoms with Crippen LogP contribution >= 0.6 is 11.3 Å². The van der Waals surface area contributed by atoms with Crippen LogP contribution in [0.15, 0.2) is 29.6 Å². The molecule has 0 saturated heterocycles. The van der Waals surface area contributed by atoms with Crippen molar-refractivity contribution in [3.63, 3.8) is 0 Å². The normalized spacial score (nSPS) is 23.8. The fourth-order valence-electron chi connectivity index (χ4n) is 3.94. The van der Waals surface area contributed by atoms with Crippen LogP contribution < -0.4 is 5.32 Å². The molecule has 2 aliphatic carbocycles. The Morgan fingerprint density at radius 1 is 1.27 bits per heavy atom. The molecule has 1 amide bonds. The molecule has 0 aliphatic heterocycles. The highest BCUT2D eigenvalue weighted by Crippen LogP contribution is 2.45. The number of anilines is 1. The second kappa shape index (κ2) is 7.15. The molecule has 0 unspecified atom stereocenters. The van der Waals surface area contributed by atoms with Gasteiger partial charge in [0, 0.05) is 5.38 Å². The van der Waals surface area contributed by atoms with Crippen molar-refractivity contribution in [2.45, 2.75) is 38.2 Å². The summed E-state index contributed by atoms with van der Waals surface area (Å²) in [6.07, 6.45) is 4.72. The van der Waals surface area contributed by atoms with Crippen LogP contribution in [0.4, 0.5) is 9.52 Å². The third-order valence-electron chi connectivity index (χ3n) is 5.17. The molecule has 2 bridgehead atoms. The third-order valence-corrected chi connectivity index (χ3v) is 5.98. The summed E-state index contributed by atoms with van der Waals surface area (Å²) in [7, 11) is 0. The van der Waals surface area contributed by atoms with Crippen molar-refractivity contribution in [2.75, 3.05) is 5.32 Å². The number of aromatic nitrogens is 1. The van der Waals surface area contributed by atoms with E-state index < -0.39 is 11.7 Å². The Bertz CT molecular complexity index is 838. The Labute approximate surface area is 154 Å². The number of carbonyl (C=O) groups excluding carboxylic acids is 2. The van der Waals surface area contributed by atoms with Gasteiger partial charge in [0.2, 0.25) is 0 Å². The lowest BCUT2D eigenvalue weighted by Gasteiger charge is -2.21. The van der Waals surface area contributed by atoms with Gasteiger partial charge in [0.25, 0.3) is 5.91 Å². The van der Waals surface area contributed by atoms with Gasteiger partial charge in [0.15, 0.2) is 5.13 Å². The number of halogens is 1. The van der Waals surface area contributed by atoms with E-state index in [1.54, 1.807) is 11.4 Å². The maximum Gasteiger partial charge on any atom is 0.312 e. The molecule has 1 aromatic carbocycles. The van der Waals surface area contributed by atoms with Gasteiger partial charge in [-0.15, -0.1) is 11.3 Å². The first-order chi connectivity index (χ1) is 12.6. The SMILES string of the molecule is O=C(Cc1csc(NC(=O)c2ccccc2F)n1)O[C@@H]1C[C@H]2CC[C@H]1C2. The van der Waals surface area contributed by atoms with E-state index in [1.807, 2.05) is 0 Å². The van der Waals surface area contributed by atoms with E-state index in [0.717, 1.165) is 18.8 Å². The lowest BCUT2D eigenvalue weighted by molar-refractivity contribution is -0.150. The molecule has 2 aromatic rings. The molecule has 3 atom stereocenters. The molecular formula is C19H19FN2O3S. The van der Waals surface area contributed by atoms with Crippen LogP contribution in [-0.2, 0) is 16.0 Å². The molecule has 2 saturated carbocycles. The van der Waals surface area contributed by atoms with E-state index in [2.05, 4.69) is 10.3 Å². The first kappa shape index (κ1) is 17.1. The Morgan fingerprint density at radius 3 is 2.85 bits per heavy atom. The first-order valence-electron chi connectivity index (χ1n) is 8.78. The molecule has 1 heterocycles. The fraction of sp³-hybridized carbons (Fsp3) is 0.421. The lowest BCUT2D eigenvalue weighted by atomic mass is 9.98. The predicted octanol–water partition coefficient (Wildman–Crippen LogP) is 3.81. The van der Waals surface area contributed by atoms with Crippen LogP contribution in [-0.4, -0.2) is 23.0 Å². The zero-order valence-corrected chi connectivity index (χ0v) is 14.9. The summed E-state index contributed by atoms with van der Waals surface area (Å²) in [5.41, 5.74) is 0.506. The largest absolute Gasteiger partial charge is 0.462 e. The minimum Gasteiger partial charge on any atom is -0.462 e. The number of carbonyl (C=O) groups is 2. The monoisotopic (exact) mass is 374 g/mol. The summed E-state index contributed by atoms with van der Waals surface area (Å²) in [5.74, 6) is -0.183. The first-order valence-corrected chi connectivity index (χ1v) is 9.66. The molecule has 0 spiro atoms. The van der Waals surface area contributed by atoms with Gasteiger partial charge in [-0.1, -0.05) is 12.1 Å². The van der Waals surface area contributed by atoms with E-state index in [9.17, 15) is 14.0 Å². The number of thiazole rings is 1. The molecular weight excluding hydrogens is 355 g/mol. The van der Waals surface area contributed by atoms with Crippen molar-refractivity contribution >= 4 is 28.3 Å². The van der Waals surface area contributed by atoms with Crippen molar-refractivity contribution in [3.05, 3.63) is 46.7 Å². The zero-order chi connectivity index (χ0) is 18.1. The number of hydrogen-bond acceptors (Lipinski definition) is 5. The molecule has 136 valence electrons. The van der Waals surface area contributed by atoms with Crippen molar-refractivity contribution in [1.29, 1.82) is 0 Å². The van der Waals surface area contributed by atoms with E-state index in [-0.39, 0.29) is 24.1 Å². The summed E-state index contributed by atoms with van der Waals surface area (Å²) in [6, 6.07) is 5.76. The molecule has 2 fully saturated rings. The highest BCUT2D eigenvalue weighted by molar-refractivity contribution is 7.14. The zero-order valence-electron chi connectivity index (χ0n) is 14.1. The van der Waals surface area contributed by atoms with Gasteiger partial charge in [0.05, 0.1) is 17.7 Å². The molecule has 1 aromatic heterocycles. The quantitative estimate of drug-likeness (QED) is 0.808. The molecule has 7 heteroatoms. The third kappa shape index (κ3) is 3.62. The number of fused-ring (bicyclic) bond motifs is 2. The Balaban J connectivity index is 1.32. The number of rotatable bonds is 5. The van der Waals surface area contributed by atoms with Crippen molar-refractivity contribution in [2.24, 2.45) is 11.8 Å². The summed E-state index contributed by atoms with van der Waals surface area (Å²) < 4.78 is 19.3. The van der Waals surface area contributed by atoms with Gasteiger partial charge >= 0.3 is 5.97 Å². The predicted molar refractivity (Wildman–Crippen MR) is 95.5 cm³/mol. The summed E-state index contributed by atoms with van der Waals surface area (Å²) in [4.78, 5) is 28.5. The van der Waals surface area contributed by atoms with Gasteiger partial charge in [-0.25, -0.2) is 9.37 Å². The Kier molecular flexibility index (Phi) is 4.72. The number of benzene rings is 1. The molecule has 1 N–H and O–H groups in total. The number of ether oxygens (including phenoxy) is 1. The minimum absolute atomic E-state index is 0.0417. The fourth-order valence-corrected chi connectivity index (χ4v) is 4.65. The second-order valence-electron chi connectivity index (χ2n) is 6.96. The average molecular weight is 374 g/mol. The number of esters is 1. The second-order valence-corrected chi connectivity index (χ2v) is 7.82. The maximum absolute atomic E-state index is 13.6. The number of amides is 1. The van der Waals surface area contributed by atoms with Crippen molar-refractivity contribution in [3.8, 4) is 0 Å². The highest BCUT2D eigenvalue weighted by Gasteiger charge is 2.41. The summed E-state index contributed by atoms with van der Waals surface area (Å²) in [5, 5.41) is 4.61. The highest BCUT2D eigenvalue weighted by atomic mass is 32.1. The van der Waals surface area contributed by atoms with Crippen LogP contribution in [0.1, 0.15) is 41.7 Å². The topological polar surface area (TPSA) is 68.3 Å². The van der Waals surface area contributed by atoms with Crippen LogP contribution in [0.25, 0.3) is 0 Å². The van der Waals surface area contributed by atoms with Crippen molar-refractivity contribution in [1.82, 2.24) is 4.98 Å². The van der Waals surface area contributed by atoms with Crippen molar-refractivity contribution < 1.29 is 18.7 Å². The number of hydrogen-bond donors (Lipinski definition) is 1. The number of nitrogens with zero attached hydrogens (tertiary/aromatic N) is 1. The standard InChI is InChI=1S/C19H19FN2O3S/c20-15-4-2-1-3-14(15)18(24)22-19-21-13(10-26-19)9-17(23)25-16-8-11-5-6-12(16)7-11/h1-4,10-12,16H,5-9H2,(H,21,22,24)/t11-,12-,16+/m0/s1. The van der Waals surface area contributed by atoms with Gasteiger partial charge in [-0.3, -0.25) is 14.9 Å². The summed E-state index contributed by atoms with van der Waals surface area (Å²) in [6.45, 7) is 0. The maximum atomic E-state index is 13.6. The van der Waals surface area contributed by atoms with E-state index in [0.29, 0.717) is 16.7 Å². The van der Waals surface area contributed by atoms with E-state index in [4.69, 9.17) is 4.74 Å². The minimum atomic E-state index is -0.587. The van der Waals surface area contributed by atoms with E-state index in [1.165, 1.54) is 42.4 Å². The van der Waals surface area contributed by atoms with Crippen LogP contribution in [0.2, 0.25) is 0 Å². The average Bonchev–Trinajstić information content (AvgIpc) is 3.32. The van der Waals surface area contributed by atoms with Gasteiger partial charge < -0.3 is 4.74 Å². The van der Waals surface area contributed by atoms with Crippen LogP contribution in [0.5, 0.6) is 0 Å². The van der Waals surface area contributed by atoms with Crippen LogP contribution in [0, 0.1) is 17.7 Å². The summed E-state index contributed by atoms with van der Waals surface area (Å²) >= 11 is 1.20. The Morgan fingerprint density at radius 2 is 2.12 bits per heavy atom. The lowest BCUT2D eigenvalue weighted by Crippen LogP contribution is -2.25. The molecule has 26 heavy (non-hydrogen) atoms. The number of nitrogens with one attached hydrogen (secondary N) is 1. The van der Waals surface area contributed by atoms with Gasteiger partial charge in [-0.2, -0.15) is 0 Å². The van der Waals surface area contributed by atoms with Gasteiger partial charge in [-0.05, 0) is 49.7 Å². The van der Waals surface area contributed by atoms with Gasteiger partial charge in [0.1, 0.15) is 11.9 Å². The molecule has 2 aliphatic rings. The smallest absolute Gasteiger partial charge is 0.312 e.